The summed E-state index contributed by atoms with van der Waals surface area (Å²) in [4.78, 5) is 0.307. The Morgan fingerprint density at radius 1 is 1.47 bits per heavy atom. The molecule has 1 aromatic rings. The summed E-state index contributed by atoms with van der Waals surface area (Å²) in [6.07, 6.45) is 1.70. The molecule has 106 valence electrons. The van der Waals surface area contributed by atoms with E-state index in [2.05, 4.69) is 4.72 Å². The van der Waals surface area contributed by atoms with Crippen LogP contribution in [0.15, 0.2) is 23.1 Å². The minimum Gasteiger partial charge on any atom is -0.380 e. The van der Waals surface area contributed by atoms with Crippen molar-refractivity contribution in [1.29, 1.82) is 0 Å². The van der Waals surface area contributed by atoms with Crippen LogP contribution in [0.25, 0.3) is 0 Å². The fourth-order valence-electron chi connectivity index (χ4n) is 2.29. The predicted octanol–water partition coefficient (Wildman–Crippen LogP) is 0.911. The third kappa shape index (κ3) is 3.33. The molecule has 1 heterocycles. The number of hydrogen-bond donors (Lipinski definition) is 2. The molecular weight excluding hydrogens is 264 g/mol. The van der Waals surface area contributed by atoms with E-state index in [-0.39, 0.29) is 6.04 Å². The average Bonchev–Trinajstić information content (AvgIpc) is 2.39. The van der Waals surface area contributed by atoms with Crippen molar-refractivity contribution in [2.75, 3.05) is 13.2 Å². The number of ether oxygens (including phenoxy) is 1. The molecule has 2 rings (SSSR count). The maximum absolute atomic E-state index is 12.4. The van der Waals surface area contributed by atoms with Crippen LogP contribution in [0.4, 0.5) is 0 Å². The third-order valence-corrected chi connectivity index (χ3v) is 5.05. The maximum atomic E-state index is 12.4. The second-order valence-corrected chi connectivity index (χ2v) is 6.46. The molecule has 0 aromatic heterocycles. The molecule has 1 atom stereocenters. The maximum Gasteiger partial charge on any atom is 0.241 e. The van der Waals surface area contributed by atoms with Crippen LogP contribution in [-0.2, 0) is 21.3 Å². The number of benzene rings is 1. The van der Waals surface area contributed by atoms with Gasteiger partial charge >= 0.3 is 0 Å². The highest BCUT2D eigenvalue weighted by Gasteiger charge is 2.24. The standard InChI is InChI=1S/C13H20N2O3S/c1-10-11(8-14)4-2-6-13(10)19(16,17)15-12-5-3-7-18-9-12/h2,4,6,12,15H,3,5,7-9,14H2,1H3. The summed E-state index contributed by atoms with van der Waals surface area (Å²) in [5.41, 5.74) is 7.18. The normalized spacial score (nSPS) is 20.4. The van der Waals surface area contributed by atoms with Gasteiger partial charge in [0, 0.05) is 19.2 Å². The Morgan fingerprint density at radius 3 is 2.89 bits per heavy atom. The Balaban J connectivity index is 2.23. The monoisotopic (exact) mass is 284 g/mol. The van der Waals surface area contributed by atoms with Gasteiger partial charge in [0.1, 0.15) is 0 Å². The Kier molecular flexibility index (Phi) is 4.57. The van der Waals surface area contributed by atoms with E-state index >= 15 is 0 Å². The average molecular weight is 284 g/mol. The van der Waals surface area contributed by atoms with Crippen molar-refractivity contribution in [2.24, 2.45) is 5.73 Å². The van der Waals surface area contributed by atoms with Gasteiger partial charge < -0.3 is 10.5 Å². The molecular formula is C13H20N2O3S. The van der Waals surface area contributed by atoms with Gasteiger partial charge in [0.25, 0.3) is 0 Å². The lowest BCUT2D eigenvalue weighted by Gasteiger charge is -2.23. The van der Waals surface area contributed by atoms with Crippen LogP contribution in [0.3, 0.4) is 0 Å². The third-order valence-electron chi connectivity index (χ3n) is 3.39. The molecule has 5 nitrogen and oxygen atoms in total. The van der Waals surface area contributed by atoms with Crippen LogP contribution in [0.5, 0.6) is 0 Å². The zero-order valence-electron chi connectivity index (χ0n) is 11.1. The second-order valence-electron chi connectivity index (χ2n) is 4.78. The van der Waals surface area contributed by atoms with E-state index in [1.807, 2.05) is 6.07 Å². The summed E-state index contributed by atoms with van der Waals surface area (Å²) in [6.45, 7) is 3.27. The highest BCUT2D eigenvalue weighted by Crippen LogP contribution is 2.19. The highest BCUT2D eigenvalue weighted by atomic mass is 32.2. The summed E-state index contributed by atoms with van der Waals surface area (Å²) in [5.74, 6) is 0. The minimum atomic E-state index is -3.51. The molecule has 1 fully saturated rings. The van der Waals surface area contributed by atoms with E-state index in [1.165, 1.54) is 0 Å². The molecule has 0 aliphatic carbocycles. The molecule has 1 aromatic carbocycles. The number of rotatable bonds is 4. The van der Waals surface area contributed by atoms with Crippen molar-refractivity contribution in [2.45, 2.75) is 37.2 Å². The lowest BCUT2D eigenvalue weighted by atomic mass is 10.1. The van der Waals surface area contributed by atoms with Gasteiger partial charge in [-0.3, -0.25) is 0 Å². The number of nitrogens with two attached hydrogens (primary N) is 1. The molecule has 0 saturated carbocycles. The van der Waals surface area contributed by atoms with Crippen LogP contribution in [0.1, 0.15) is 24.0 Å². The van der Waals surface area contributed by atoms with Gasteiger partial charge in [0.15, 0.2) is 0 Å². The first kappa shape index (κ1) is 14.5. The predicted molar refractivity (Wildman–Crippen MR) is 73.2 cm³/mol. The molecule has 0 spiro atoms. The van der Waals surface area contributed by atoms with Crippen molar-refractivity contribution in [1.82, 2.24) is 4.72 Å². The van der Waals surface area contributed by atoms with Crippen LogP contribution in [-0.4, -0.2) is 27.7 Å². The van der Waals surface area contributed by atoms with Gasteiger partial charge in [-0.15, -0.1) is 0 Å². The summed E-state index contributed by atoms with van der Waals surface area (Å²) in [7, 11) is -3.51. The Bertz CT molecular complexity index is 537. The molecule has 0 amide bonds. The number of hydrogen-bond acceptors (Lipinski definition) is 4. The zero-order valence-corrected chi connectivity index (χ0v) is 11.9. The quantitative estimate of drug-likeness (QED) is 0.861. The first-order chi connectivity index (χ1) is 9.04. The number of nitrogens with one attached hydrogen (secondary N) is 1. The van der Waals surface area contributed by atoms with Crippen molar-refractivity contribution >= 4 is 10.0 Å². The van der Waals surface area contributed by atoms with Gasteiger partial charge in [-0.2, -0.15) is 0 Å². The van der Waals surface area contributed by atoms with E-state index in [9.17, 15) is 8.42 Å². The van der Waals surface area contributed by atoms with E-state index in [0.717, 1.165) is 18.4 Å². The van der Waals surface area contributed by atoms with Crippen LogP contribution in [0.2, 0.25) is 0 Å². The van der Waals surface area contributed by atoms with E-state index in [4.69, 9.17) is 10.5 Å². The molecule has 19 heavy (non-hydrogen) atoms. The lowest BCUT2D eigenvalue weighted by molar-refractivity contribution is 0.0774. The first-order valence-corrected chi connectivity index (χ1v) is 7.91. The summed E-state index contributed by atoms with van der Waals surface area (Å²) >= 11 is 0. The van der Waals surface area contributed by atoms with Gasteiger partial charge in [-0.1, -0.05) is 12.1 Å². The van der Waals surface area contributed by atoms with E-state index < -0.39 is 10.0 Å². The molecule has 1 aliphatic heterocycles. The minimum absolute atomic E-state index is 0.139. The topological polar surface area (TPSA) is 81.4 Å². The van der Waals surface area contributed by atoms with Gasteiger partial charge in [-0.05, 0) is 37.0 Å². The number of sulfonamides is 1. The van der Waals surface area contributed by atoms with E-state index in [1.54, 1.807) is 19.1 Å². The van der Waals surface area contributed by atoms with E-state index in [0.29, 0.717) is 30.2 Å². The summed E-state index contributed by atoms with van der Waals surface area (Å²) < 4.78 is 32.8. The lowest BCUT2D eigenvalue weighted by Crippen LogP contribution is -2.40. The highest BCUT2D eigenvalue weighted by molar-refractivity contribution is 7.89. The summed E-state index contributed by atoms with van der Waals surface area (Å²) in [6, 6.07) is 5.04. The zero-order chi connectivity index (χ0) is 13.9. The molecule has 1 saturated heterocycles. The fourth-order valence-corrected chi connectivity index (χ4v) is 3.83. The van der Waals surface area contributed by atoms with Crippen molar-refractivity contribution < 1.29 is 13.2 Å². The van der Waals surface area contributed by atoms with Crippen LogP contribution in [0, 0.1) is 6.92 Å². The largest absolute Gasteiger partial charge is 0.380 e. The van der Waals surface area contributed by atoms with Crippen LogP contribution < -0.4 is 10.5 Å². The Labute approximate surface area is 114 Å². The molecule has 0 radical (unpaired) electrons. The molecule has 6 heteroatoms. The van der Waals surface area contributed by atoms with Crippen molar-refractivity contribution in [3.63, 3.8) is 0 Å². The van der Waals surface area contributed by atoms with Gasteiger partial charge in [0.2, 0.25) is 10.0 Å². The molecule has 0 bridgehead atoms. The second kappa shape index (κ2) is 6.00. The summed E-state index contributed by atoms with van der Waals surface area (Å²) in [5, 5.41) is 0. The molecule has 3 N–H and O–H groups in total. The van der Waals surface area contributed by atoms with Crippen molar-refractivity contribution in [3.05, 3.63) is 29.3 Å². The SMILES string of the molecule is Cc1c(CN)cccc1S(=O)(=O)NC1CCCOC1. The fraction of sp³-hybridized carbons (Fsp3) is 0.538. The first-order valence-electron chi connectivity index (χ1n) is 6.43. The van der Waals surface area contributed by atoms with Crippen LogP contribution >= 0.6 is 0 Å². The van der Waals surface area contributed by atoms with Gasteiger partial charge in [0.05, 0.1) is 11.5 Å². The Hall–Kier alpha value is -0.950. The smallest absolute Gasteiger partial charge is 0.241 e. The molecule has 1 aliphatic rings. The molecule has 1 unspecified atom stereocenters. The van der Waals surface area contributed by atoms with Gasteiger partial charge in [-0.25, -0.2) is 13.1 Å². The Morgan fingerprint density at radius 2 is 2.26 bits per heavy atom. The van der Waals surface area contributed by atoms with Crippen molar-refractivity contribution in [3.8, 4) is 0 Å².